The van der Waals surface area contributed by atoms with E-state index in [1.54, 1.807) is 44.2 Å². The molecule has 11 nitrogen and oxygen atoms in total. The Balaban J connectivity index is 2.02. The molecule has 1 unspecified atom stereocenters. The number of amides is 4. The fraction of sp³-hybridized carbons (Fsp3) is 0.593. The molecular formula is C27H41N5O6. The van der Waals surface area contributed by atoms with Crippen molar-refractivity contribution < 1.29 is 28.6 Å². The number of benzene rings is 1. The van der Waals surface area contributed by atoms with Crippen molar-refractivity contribution in [1.29, 1.82) is 0 Å². The van der Waals surface area contributed by atoms with Crippen molar-refractivity contribution in [3.8, 4) is 11.5 Å². The number of methoxy groups -OCH3 is 2. The maximum Gasteiger partial charge on any atom is 0.338 e. The van der Waals surface area contributed by atoms with E-state index in [0.717, 1.165) is 13.0 Å². The normalized spacial score (nSPS) is 18.7. The number of esters is 1. The topological polar surface area (TPSA) is 113 Å². The second-order valence-electron chi connectivity index (χ2n) is 9.54. The van der Waals surface area contributed by atoms with Gasteiger partial charge in [0.15, 0.2) is 0 Å². The molecule has 2 aliphatic rings. The molecule has 1 aromatic carbocycles. The number of nitrogens with zero attached hydrogens (tertiary/aromatic N) is 3. The standard InChI is InChI=1S/C27H41N5O6/c1-7-32-21(17-30-12-9-13-31(15-14-30)26(34)28-18(3)4)23(25(33)38-8-2)24(29-27(32)35)20-16-19(36-5)10-11-22(20)37-6/h10-11,16,18,24H,7-9,12-15,17H2,1-6H3,(H,28,34)(H,29,35). The summed E-state index contributed by atoms with van der Waals surface area (Å²) in [5.41, 5.74) is 1.55. The third-order valence-electron chi connectivity index (χ3n) is 6.66. The Morgan fingerprint density at radius 2 is 1.87 bits per heavy atom. The summed E-state index contributed by atoms with van der Waals surface area (Å²) in [6.45, 7) is 10.9. The average Bonchev–Trinajstić information content (AvgIpc) is 3.13. The van der Waals surface area contributed by atoms with Gasteiger partial charge in [0.05, 0.1) is 32.4 Å². The zero-order valence-electron chi connectivity index (χ0n) is 23.3. The highest BCUT2D eigenvalue weighted by Crippen LogP contribution is 2.38. The number of carbonyl (C=O) groups excluding carboxylic acids is 3. The largest absolute Gasteiger partial charge is 0.497 e. The van der Waals surface area contributed by atoms with Crippen LogP contribution in [0.25, 0.3) is 0 Å². The Kier molecular flexibility index (Phi) is 10.2. The second kappa shape index (κ2) is 13.4. The molecule has 0 aliphatic carbocycles. The molecule has 1 atom stereocenters. The van der Waals surface area contributed by atoms with Crippen LogP contribution >= 0.6 is 0 Å². The number of hydrogen-bond donors (Lipinski definition) is 2. The molecule has 1 fully saturated rings. The number of nitrogens with one attached hydrogen (secondary N) is 2. The lowest BCUT2D eigenvalue weighted by Gasteiger charge is -2.38. The van der Waals surface area contributed by atoms with Crippen LogP contribution in [0.5, 0.6) is 11.5 Å². The predicted molar refractivity (Wildman–Crippen MR) is 143 cm³/mol. The summed E-state index contributed by atoms with van der Waals surface area (Å²) in [6, 6.07) is 4.16. The van der Waals surface area contributed by atoms with Gasteiger partial charge in [0.1, 0.15) is 11.5 Å². The molecule has 1 aromatic rings. The van der Waals surface area contributed by atoms with Crippen LogP contribution in [0.15, 0.2) is 29.5 Å². The SMILES string of the molecule is CCOC(=O)C1=C(CN2CCCN(C(=O)NC(C)C)CC2)N(CC)C(=O)NC1c1cc(OC)ccc1OC. The zero-order chi connectivity index (χ0) is 27.8. The first-order valence-electron chi connectivity index (χ1n) is 13.2. The van der Waals surface area contributed by atoms with Crippen molar-refractivity contribution in [3.63, 3.8) is 0 Å². The van der Waals surface area contributed by atoms with E-state index >= 15 is 0 Å². The lowest BCUT2D eigenvalue weighted by Crippen LogP contribution is -2.51. The number of carbonyl (C=O) groups is 3. The summed E-state index contributed by atoms with van der Waals surface area (Å²) in [5, 5.41) is 5.94. The zero-order valence-corrected chi connectivity index (χ0v) is 23.3. The van der Waals surface area contributed by atoms with E-state index in [2.05, 4.69) is 15.5 Å². The Morgan fingerprint density at radius 1 is 1.11 bits per heavy atom. The molecule has 2 heterocycles. The van der Waals surface area contributed by atoms with Gasteiger partial charge in [-0.25, -0.2) is 14.4 Å². The van der Waals surface area contributed by atoms with Gasteiger partial charge in [-0.2, -0.15) is 0 Å². The first-order chi connectivity index (χ1) is 18.2. The first kappa shape index (κ1) is 29.1. The molecule has 0 aromatic heterocycles. The molecule has 3 rings (SSSR count). The summed E-state index contributed by atoms with van der Waals surface area (Å²) in [5.74, 6) is 0.595. The Labute approximate surface area is 225 Å². The van der Waals surface area contributed by atoms with Crippen molar-refractivity contribution in [2.24, 2.45) is 0 Å². The highest BCUT2D eigenvalue weighted by atomic mass is 16.5. The van der Waals surface area contributed by atoms with Crippen molar-refractivity contribution >= 4 is 18.0 Å². The number of hydrogen-bond acceptors (Lipinski definition) is 7. The highest BCUT2D eigenvalue weighted by Gasteiger charge is 2.39. The Morgan fingerprint density at radius 3 is 2.50 bits per heavy atom. The summed E-state index contributed by atoms with van der Waals surface area (Å²) < 4.78 is 16.5. The van der Waals surface area contributed by atoms with Gasteiger partial charge in [0.25, 0.3) is 0 Å². The van der Waals surface area contributed by atoms with Crippen LogP contribution in [0, 0.1) is 0 Å². The summed E-state index contributed by atoms with van der Waals surface area (Å²) in [6.07, 6.45) is 0.777. The van der Waals surface area contributed by atoms with Crippen molar-refractivity contribution in [3.05, 3.63) is 35.0 Å². The maximum atomic E-state index is 13.5. The fourth-order valence-corrected chi connectivity index (χ4v) is 4.84. The molecule has 0 saturated carbocycles. The van der Waals surface area contributed by atoms with Gasteiger partial charge in [-0.15, -0.1) is 0 Å². The third kappa shape index (κ3) is 6.69. The fourth-order valence-electron chi connectivity index (χ4n) is 4.84. The van der Waals surface area contributed by atoms with Crippen LogP contribution in [0.2, 0.25) is 0 Å². The third-order valence-corrected chi connectivity index (χ3v) is 6.66. The average molecular weight is 532 g/mol. The van der Waals surface area contributed by atoms with Gasteiger partial charge < -0.3 is 29.7 Å². The van der Waals surface area contributed by atoms with Crippen LogP contribution in [-0.2, 0) is 9.53 Å². The number of urea groups is 2. The minimum Gasteiger partial charge on any atom is -0.497 e. The first-order valence-corrected chi connectivity index (χ1v) is 13.2. The smallest absolute Gasteiger partial charge is 0.338 e. The van der Waals surface area contributed by atoms with Gasteiger partial charge in [-0.1, -0.05) is 0 Å². The summed E-state index contributed by atoms with van der Waals surface area (Å²) in [4.78, 5) is 44.9. The number of ether oxygens (including phenoxy) is 3. The minimum absolute atomic E-state index is 0.0588. The van der Waals surface area contributed by atoms with E-state index in [4.69, 9.17) is 14.2 Å². The minimum atomic E-state index is -0.787. The van der Waals surface area contributed by atoms with Crippen LogP contribution in [-0.4, -0.2) is 98.9 Å². The lowest BCUT2D eigenvalue weighted by atomic mass is 9.93. The molecule has 2 aliphatic heterocycles. The van der Waals surface area contributed by atoms with Crippen LogP contribution in [0.1, 0.15) is 45.7 Å². The van der Waals surface area contributed by atoms with Crippen LogP contribution < -0.4 is 20.1 Å². The predicted octanol–water partition coefficient (Wildman–Crippen LogP) is 2.73. The van der Waals surface area contributed by atoms with Gasteiger partial charge in [0.2, 0.25) is 0 Å². The number of likely N-dealkylation sites (N-methyl/N-ethyl adjacent to an activating group) is 1. The molecule has 11 heteroatoms. The van der Waals surface area contributed by atoms with Crippen molar-refractivity contribution in [2.45, 2.75) is 46.2 Å². The van der Waals surface area contributed by atoms with Crippen LogP contribution in [0.4, 0.5) is 9.59 Å². The molecule has 4 amide bonds. The Bertz CT molecular complexity index is 1040. The molecule has 0 radical (unpaired) electrons. The molecule has 38 heavy (non-hydrogen) atoms. The quantitative estimate of drug-likeness (QED) is 0.471. The molecule has 1 saturated heterocycles. The number of rotatable bonds is 9. The van der Waals surface area contributed by atoms with E-state index < -0.39 is 12.0 Å². The monoisotopic (exact) mass is 531 g/mol. The molecular weight excluding hydrogens is 490 g/mol. The highest BCUT2D eigenvalue weighted by molar-refractivity contribution is 5.95. The second-order valence-corrected chi connectivity index (χ2v) is 9.54. The van der Waals surface area contributed by atoms with Gasteiger partial charge in [0, 0.05) is 56.6 Å². The lowest BCUT2D eigenvalue weighted by molar-refractivity contribution is -0.139. The van der Waals surface area contributed by atoms with E-state index in [9.17, 15) is 14.4 Å². The van der Waals surface area contributed by atoms with Crippen LogP contribution in [0.3, 0.4) is 0 Å². The van der Waals surface area contributed by atoms with E-state index in [1.807, 2.05) is 25.7 Å². The molecule has 2 N–H and O–H groups in total. The van der Waals surface area contributed by atoms with Gasteiger partial charge >= 0.3 is 18.0 Å². The molecule has 210 valence electrons. The maximum absolute atomic E-state index is 13.5. The van der Waals surface area contributed by atoms with E-state index in [0.29, 0.717) is 61.1 Å². The summed E-state index contributed by atoms with van der Waals surface area (Å²) in [7, 11) is 3.10. The molecule has 0 spiro atoms. The molecule has 0 bridgehead atoms. The van der Waals surface area contributed by atoms with Crippen molar-refractivity contribution in [1.82, 2.24) is 25.3 Å². The van der Waals surface area contributed by atoms with E-state index in [-0.39, 0.29) is 24.7 Å². The van der Waals surface area contributed by atoms with Gasteiger partial charge in [-0.3, -0.25) is 9.80 Å². The van der Waals surface area contributed by atoms with E-state index in [1.165, 1.54) is 0 Å². The van der Waals surface area contributed by atoms with Gasteiger partial charge in [-0.05, 0) is 52.3 Å². The Hall–Kier alpha value is -3.47. The summed E-state index contributed by atoms with van der Waals surface area (Å²) >= 11 is 0. The van der Waals surface area contributed by atoms with Crippen molar-refractivity contribution in [2.75, 3.05) is 60.1 Å².